The van der Waals surface area contributed by atoms with Crippen LogP contribution in [-0.2, 0) is 0 Å². The zero-order valence-electron chi connectivity index (χ0n) is 5.17. The molecule has 0 aromatic rings. The highest BCUT2D eigenvalue weighted by atomic mass is 16.3. The van der Waals surface area contributed by atoms with Crippen LogP contribution in [0.3, 0.4) is 0 Å². The van der Waals surface area contributed by atoms with Crippen molar-refractivity contribution in [2.45, 2.75) is 13.3 Å². The smallest absolute Gasteiger partial charge is 0.0494 e. The number of aliphatic hydroxyl groups is 1. The van der Waals surface area contributed by atoms with E-state index in [0.717, 1.165) is 6.42 Å². The molecular formula is C7H12O. The van der Waals surface area contributed by atoms with E-state index in [9.17, 15) is 0 Å². The summed E-state index contributed by atoms with van der Waals surface area (Å²) in [5.74, 6) is 1.14. The molecule has 1 nitrogen and oxygen atoms in total. The lowest BCUT2D eigenvalue weighted by molar-refractivity contribution is 0.246. The number of rotatable bonds is 1. The van der Waals surface area contributed by atoms with Gasteiger partial charge < -0.3 is 5.11 Å². The van der Waals surface area contributed by atoms with Crippen LogP contribution in [-0.4, -0.2) is 11.7 Å². The van der Waals surface area contributed by atoms with Gasteiger partial charge in [-0.25, -0.2) is 0 Å². The van der Waals surface area contributed by atoms with Crippen molar-refractivity contribution >= 4 is 0 Å². The van der Waals surface area contributed by atoms with Crippen LogP contribution in [0.5, 0.6) is 0 Å². The average molecular weight is 112 g/mol. The molecule has 1 rings (SSSR count). The molecule has 0 saturated heterocycles. The Bertz CT molecular complexity index is 96.6. The third-order valence-corrected chi connectivity index (χ3v) is 1.62. The maximum atomic E-state index is 8.63. The summed E-state index contributed by atoms with van der Waals surface area (Å²) < 4.78 is 0. The first-order valence-corrected chi connectivity index (χ1v) is 3.12. The minimum atomic E-state index is 0.320. The lowest BCUT2D eigenvalue weighted by Crippen LogP contribution is -1.99. The van der Waals surface area contributed by atoms with Crippen LogP contribution in [0.1, 0.15) is 13.3 Å². The van der Waals surface area contributed by atoms with Crippen LogP contribution in [0, 0.1) is 11.8 Å². The number of allylic oxidation sites excluding steroid dienone is 1. The third kappa shape index (κ3) is 1.10. The first-order valence-electron chi connectivity index (χ1n) is 3.12. The maximum absolute atomic E-state index is 8.63. The van der Waals surface area contributed by atoms with Gasteiger partial charge in [-0.05, 0) is 12.3 Å². The van der Waals surface area contributed by atoms with Crippen LogP contribution in [0.2, 0.25) is 0 Å². The first-order chi connectivity index (χ1) is 3.83. The van der Waals surface area contributed by atoms with Gasteiger partial charge in [0.1, 0.15) is 0 Å². The Kier molecular flexibility index (Phi) is 1.69. The summed E-state index contributed by atoms with van der Waals surface area (Å²) in [6.07, 6.45) is 5.40. The van der Waals surface area contributed by atoms with Gasteiger partial charge in [-0.1, -0.05) is 19.1 Å². The average Bonchev–Trinajstić information content (AvgIpc) is 2.14. The van der Waals surface area contributed by atoms with E-state index in [2.05, 4.69) is 19.1 Å². The van der Waals surface area contributed by atoms with E-state index in [-0.39, 0.29) is 0 Å². The molecule has 1 N–H and O–H groups in total. The predicted molar refractivity (Wildman–Crippen MR) is 33.5 cm³/mol. The molecule has 1 aliphatic carbocycles. The summed E-state index contributed by atoms with van der Waals surface area (Å²) in [7, 11) is 0. The Morgan fingerprint density at radius 1 is 1.62 bits per heavy atom. The molecular weight excluding hydrogens is 100 g/mol. The molecule has 1 heteroatoms. The van der Waals surface area contributed by atoms with Crippen LogP contribution >= 0.6 is 0 Å². The van der Waals surface area contributed by atoms with Crippen LogP contribution in [0.15, 0.2) is 12.2 Å². The molecule has 0 aromatic heterocycles. The number of hydrogen-bond donors (Lipinski definition) is 1. The fourth-order valence-electron chi connectivity index (χ4n) is 1.12. The third-order valence-electron chi connectivity index (χ3n) is 1.62. The largest absolute Gasteiger partial charge is 0.396 e. The van der Waals surface area contributed by atoms with E-state index in [1.54, 1.807) is 0 Å². The van der Waals surface area contributed by atoms with Crippen LogP contribution in [0.25, 0.3) is 0 Å². The van der Waals surface area contributed by atoms with E-state index in [1.807, 2.05) is 0 Å². The van der Waals surface area contributed by atoms with Gasteiger partial charge >= 0.3 is 0 Å². The van der Waals surface area contributed by atoms with Gasteiger partial charge in [0, 0.05) is 12.5 Å². The first kappa shape index (κ1) is 5.83. The number of aliphatic hydroxyl groups excluding tert-OH is 1. The summed E-state index contributed by atoms with van der Waals surface area (Å²) in [5, 5.41) is 8.63. The second kappa shape index (κ2) is 2.31. The topological polar surface area (TPSA) is 20.2 Å². The molecule has 46 valence electrons. The molecule has 0 amide bonds. The maximum Gasteiger partial charge on any atom is 0.0494 e. The van der Waals surface area contributed by atoms with E-state index >= 15 is 0 Å². The van der Waals surface area contributed by atoms with Crippen molar-refractivity contribution in [3.05, 3.63) is 12.2 Å². The molecule has 8 heavy (non-hydrogen) atoms. The summed E-state index contributed by atoms with van der Waals surface area (Å²) in [5.41, 5.74) is 0. The van der Waals surface area contributed by atoms with Gasteiger partial charge in [-0.3, -0.25) is 0 Å². The van der Waals surface area contributed by atoms with E-state index in [1.165, 1.54) is 0 Å². The van der Waals surface area contributed by atoms with Gasteiger partial charge in [0.05, 0.1) is 0 Å². The second-order valence-corrected chi connectivity index (χ2v) is 2.54. The Labute approximate surface area is 50.0 Å². The second-order valence-electron chi connectivity index (χ2n) is 2.54. The summed E-state index contributed by atoms with van der Waals surface area (Å²) in [6.45, 7) is 2.49. The Morgan fingerprint density at radius 2 is 2.38 bits per heavy atom. The van der Waals surface area contributed by atoms with Crippen molar-refractivity contribution in [3.63, 3.8) is 0 Å². The highest BCUT2D eigenvalue weighted by Crippen LogP contribution is 2.21. The van der Waals surface area contributed by atoms with Crippen molar-refractivity contribution in [2.24, 2.45) is 11.8 Å². The van der Waals surface area contributed by atoms with Gasteiger partial charge in [0.2, 0.25) is 0 Å². The SMILES string of the molecule is CC1C=CC(CO)C1. The highest BCUT2D eigenvalue weighted by molar-refractivity contribution is 4.99. The van der Waals surface area contributed by atoms with E-state index < -0.39 is 0 Å². The van der Waals surface area contributed by atoms with Crippen molar-refractivity contribution in [2.75, 3.05) is 6.61 Å². The molecule has 0 fully saturated rings. The van der Waals surface area contributed by atoms with Gasteiger partial charge in [-0.15, -0.1) is 0 Å². The lowest BCUT2D eigenvalue weighted by Gasteiger charge is -2.01. The summed E-state index contributed by atoms with van der Waals surface area (Å²) >= 11 is 0. The van der Waals surface area contributed by atoms with Crippen molar-refractivity contribution in [1.82, 2.24) is 0 Å². The van der Waals surface area contributed by atoms with Crippen molar-refractivity contribution in [3.8, 4) is 0 Å². The van der Waals surface area contributed by atoms with Crippen LogP contribution in [0.4, 0.5) is 0 Å². The quantitative estimate of drug-likeness (QED) is 0.505. The fourth-order valence-corrected chi connectivity index (χ4v) is 1.12. The summed E-state index contributed by atoms with van der Waals surface area (Å²) in [4.78, 5) is 0. The van der Waals surface area contributed by atoms with Crippen LogP contribution < -0.4 is 0 Å². The summed E-state index contributed by atoms with van der Waals surface area (Å²) in [6, 6.07) is 0. The zero-order valence-corrected chi connectivity index (χ0v) is 5.17. The van der Waals surface area contributed by atoms with Gasteiger partial charge in [-0.2, -0.15) is 0 Å². The Balaban J connectivity index is 2.34. The number of hydrogen-bond acceptors (Lipinski definition) is 1. The monoisotopic (exact) mass is 112 g/mol. The van der Waals surface area contributed by atoms with Crippen molar-refractivity contribution < 1.29 is 5.11 Å². The molecule has 2 atom stereocenters. The molecule has 0 aromatic carbocycles. The van der Waals surface area contributed by atoms with Crippen molar-refractivity contribution in [1.29, 1.82) is 0 Å². The van der Waals surface area contributed by atoms with E-state index in [4.69, 9.17) is 5.11 Å². The molecule has 2 unspecified atom stereocenters. The lowest BCUT2D eigenvalue weighted by atomic mass is 10.1. The zero-order chi connectivity index (χ0) is 5.98. The molecule has 0 heterocycles. The minimum Gasteiger partial charge on any atom is -0.396 e. The molecule has 0 aliphatic heterocycles. The fraction of sp³-hybridized carbons (Fsp3) is 0.714. The normalized spacial score (nSPS) is 36.2. The molecule has 0 bridgehead atoms. The Hall–Kier alpha value is -0.300. The minimum absolute atomic E-state index is 0.320. The van der Waals surface area contributed by atoms with Gasteiger partial charge in [0.25, 0.3) is 0 Å². The standard InChI is InChI=1S/C7H12O/c1-6-2-3-7(4-6)5-8/h2-3,6-8H,4-5H2,1H3. The molecule has 0 saturated carbocycles. The van der Waals surface area contributed by atoms with Gasteiger partial charge in [0.15, 0.2) is 0 Å². The Morgan fingerprint density at radius 3 is 2.62 bits per heavy atom. The molecule has 0 spiro atoms. The molecule has 1 aliphatic rings. The van der Waals surface area contributed by atoms with E-state index in [0.29, 0.717) is 18.4 Å². The predicted octanol–water partition coefficient (Wildman–Crippen LogP) is 1.19. The highest BCUT2D eigenvalue weighted by Gasteiger charge is 2.12. The molecule has 0 radical (unpaired) electrons.